The fourth-order valence-corrected chi connectivity index (χ4v) is 5.17. The molecule has 0 aliphatic carbocycles. The summed E-state index contributed by atoms with van der Waals surface area (Å²) in [5.41, 5.74) is 15.6. The van der Waals surface area contributed by atoms with Crippen LogP contribution in [0.25, 0.3) is 35.4 Å². The predicted octanol–water partition coefficient (Wildman–Crippen LogP) is -1.32. The molecule has 0 heterocycles. The summed E-state index contributed by atoms with van der Waals surface area (Å²) in [6.45, 7) is 0. The fourth-order valence-electron chi connectivity index (χ4n) is 3.76. The van der Waals surface area contributed by atoms with Gasteiger partial charge in [0.2, 0.25) is 0 Å². The fraction of sp³-hybridized carbons (Fsp3) is 0. The van der Waals surface area contributed by atoms with Crippen LogP contribution in [0.2, 0.25) is 0 Å². The molecule has 4 aromatic carbocycles. The molecule has 12 heteroatoms. The van der Waals surface area contributed by atoms with Crippen LogP contribution in [0.3, 0.4) is 0 Å². The summed E-state index contributed by atoms with van der Waals surface area (Å²) >= 11 is 0. The van der Waals surface area contributed by atoms with Crippen LogP contribution >= 0.6 is 0 Å². The van der Waals surface area contributed by atoms with Crippen molar-refractivity contribution in [1.82, 2.24) is 0 Å². The van der Waals surface area contributed by atoms with E-state index in [0.29, 0.717) is 0 Å². The quantitative estimate of drug-likeness (QED) is 0.115. The van der Waals surface area contributed by atoms with Gasteiger partial charge in [0.15, 0.2) is 0 Å². The molecule has 0 unspecified atom stereocenters. The Bertz CT molecular complexity index is 1640. The Morgan fingerprint density at radius 3 is 1.12 bits per heavy atom. The molecule has 0 fully saturated rings. The molecule has 0 atom stereocenters. The standard InChI is InChI=1S/C28H24N2O6S2.2Na/c29-25-15-13-23(27(17-25)37(31,32)33)11-5-19-1-7-21(8-2-19)22-9-3-20(4-10-22)6-12-24-14-16-26(30)18-28(24)38(34,35)36;;/h1-18H,29-30H2,(H,31,32,33)(H,34,35,36);;/q;2*+1/p-2. The maximum absolute atomic E-state index is 11.5. The number of hydrogen-bond donors (Lipinski definition) is 2. The first-order valence-corrected chi connectivity index (χ1v) is 14.0. The molecule has 0 saturated carbocycles. The van der Waals surface area contributed by atoms with Crippen LogP contribution in [0, 0.1) is 0 Å². The van der Waals surface area contributed by atoms with Gasteiger partial charge in [0.05, 0.1) is 9.79 Å². The van der Waals surface area contributed by atoms with Gasteiger partial charge in [-0.25, -0.2) is 16.8 Å². The number of anilines is 2. The van der Waals surface area contributed by atoms with Crippen molar-refractivity contribution in [3.8, 4) is 11.1 Å². The minimum absolute atomic E-state index is 0. The molecular weight excluding hydrogens is 570 g/mol. The Balaban J connectivity index is 0.00000280. The van der Waals surface area contributed by atoms with Crippen LogP contribution in [0.15, 0.2) is 94.7 Å². The van der Waals surface area contributed by atoms with Crippen molar-refractivity contribution in [3.05, 3.63) is 107 Å². The van der Waals surface area contributed by atoms with Gasteiger partial charge >= 0.3 is 59.1 Å². The normalized spacial score (nSPS) is 11.8. The van der Waals surface area contributed by atoms with Gasteiger partial charge in [-0.1, -0.05) is 85.0 Å². The molecule has 0 spiro atoms. The number of hydrogen-bond acceptors (Lipinski definition) is 8. The van der Waals surface area contributed by atoms with Crippen molar-refractivity contribution in [2.45, 2.75) is 9.79 Å². The molecule has 40 heavy (non-hydrogen) atoms. The zero-order valence-corrected chi connectivity index (χ0v) is 27.4. The van der Waals surface area contributed by atoms with E-state index in [4.69, 9.17) is 11.5 Å². The van der Waals surface area contributed by atoms with Gasteiger partial charge in [-0.3, -0.25) is 0 Å². The van der Waals surface area contributed by atoms with Crippen LogP contribution in [0.5, 0.6) is 0 Å². The smallest absolute Gasteiger partial charge is 0.744 e. The average Bonchev–Trinajstić information content (AvgIpc) is 2.87. The van der Waals surface area contributed by atoms with E-state index in [1.54, 1.807) is 24.3 Å². The van der Waals surface area contributed by atoms with Gasteiger partial charge in [0.25, 0.3) is 0 Å². The maximum Gasteiger partial charge on any atom is 1.00 e. The molecule has 4 N–H and O–H groups in total. The van der Waals surface area contributed by atoms with Crippen LogP contribution in [0.1, 0.15) is 22.3 Å². The van der Waals surface area contributed by atoms with Crippen LogP contribution in [0.4, 0.5) is 11.4 Å². The molecule has 0 aliphatic rings. The third-order valence-corrected chi connectivity index (χ3v) is 7.46. The minimum Gasteiger partial charge on any atom is -0.744 e. The van der Waals surface area contributed by atoms with Crippen molar-refractivity contribution in [2.75, 3.05) is 11.5 Å². The van der Waals surface area contributed by atoms with Gasteiger partial charge in [0, 0.05) is 11.4 Å². The first kappa shape index (κ1) is 34.0. The Kier molecular flexibility index (Phi) is 12.0. The molecule has 4 rings (SSSR count). The third-order valence-electron chi connectivity index (χ3n) is 5.68. The van der Waals surface area contributed by atoms with E-state index >= 15 is 0 Å². The number of benzene rings is 4. The summed E-state index contributed by atoms with van der Waals surface area (Å²) in [7, 11) is -9.34. The van der Waals surface area contributed by atoms with E-state index < -0.39 is 20.2 Å². The molecule has 0 aromatic heterocycles. The monoisotopic (exact) mass is 592 g/mol. The Morgan fingerprint density at radius 2 is 0.825 bits per heavy atom. The van der Waals surface area contributed by atoms with Gasteiger partial charge < -0.3 is 20.6 Å². The van der Waals surface area contributed by atoms with E-state index in [0.717, 1.165) is 34.4 Å². The molecule has 4 aromatic rings. The van der Waals surface area contributed by atoms with Gasteiger partial charge in [0.1, 0.15) is 20.2 Å². The Morgan fingerprint density at radius 1 is 0.500 bits per heavy atom. The molecule has 8 nitrogen and oxygen atoms in total. The molecule has 0 aliphatic heterocycles. The van der Waals surface area contributed by atoms with Crippen molar-refractivity contribution >= 4 is 55.9 Å². The van der Waals surface area contributed by atoms with Crippen LogP contribution in [-0.2, 0) is 20.2 Å². The topological polar surface area (TPSA) is 166 Å². The van der Waals surface area contributed by atoms with Crippen molar-refractivity contribution in [2.24, 2.45) is 0 Å². The second kappa shape index (κ2) is 14.1. The second-order valence-electron chi connectivity index (χ2n) is 8.41. The zero-order valence-electron chi connectivity index (χ0n) is 21.8. The summed E-state index contributed by atoms with van der Waals surface area (Å²) in [4.78, 5) is -0.747. The van der Waals surface area contributed by atoms with E-state index in [-0.39, 0.29) is 91.4 Å². The Labute approximate surface area is 277 Å². The number of nitrogens with two attached hydrogens (primary N) is 2. The SMILES string of the molecule is Nc1ccc(C=Cc2ccc(-c3ccc(C=Cc4ccc(N)cc4S(=O)(=O)[O-])cc3)cc2)c(S(=O)(=O)[O-])c1.[Na+].[Na+]. The van der Waals surface area contributed by atoms with Gasteiger partial charge in [-0.2, -0.15) is 0 Å². The minimum atomic E-state index is -4.67. The summed E-state index contributed by atoms with van der Waals surface area (Å²) in [6.07, 6.45) is 6.49. The van der Waals surface area contributed by atoms with E-state index in [1.807, 2.05) is 48.5 Å². The largest absolute Gasteiger partial charge is 1.00 e. The molecule has 194 valence electrons. The summed E-state index contributed by atoms with van der Waals surface area (Å²) < 4.78 is 69.2. The summed E-state index contributed by atoms with van der Waals surface area (Å²) in [6, 6.07) is 23.3. The predicted molar refractivity (Wildman–Crippen MR) is 147 cm³/mol. The first-order chi connectivity index (χ1) is 17.9. The molecule has 0 bridgehead atoms. The van der Waals surface area contributed by atoms with E-state index in [9.17, 15) is 25.9 Å². The van der Waals surface area contributed by atoms with E-state index in [1.165, 1.54) is 24.3 Å². The molecular formula is C28H22N2Na2O6S2. The summed E-state index contributed by atoms with van der Waals surface area (Å²) in [5.74, 6) is 0. The first-order valence-electron chi connectivity index (χ1n) is 11.2. The Hall–Kier alpha value is -2.22. The number of rotatable bonds is 7. The summed E-state index contributed by atoms with van der Waals surface area (Å²) in [5, 5.41) is 0. The molecule has 0 saturated heterocycles. The van der Waals surface area contributed by atoms with Crippen molar-refractivity contribution < 1.29 is 85.1 Å². The number of nitrogen functional groups attached to an aromatic ring is 2. The average molecular weight is 593 g/mol. The molecule has 0 amide bonds. The molecule has 0 radical (unpaired) electrons. The maximum atomic E-state index is 11.5. The van der Waals surface area contributed by atoms with E-state index in [2.05, 4.69) is 0 Å². The van der Waals surface area contributed by atoms with Gasteiger partial charge in [-0.05, 0) is 57.6 Å². The second-order valence-corrected chi connectivity index (χ2v) is 11.1. The van der Waals surface area contributed by atoms with Gasteiger partial charge in [-0.15, -0.1) is 0 Å². The van der Waals surface area contributed by atoms with Crippen molar-refractivity contribution in [1.29, 1.82) is 0 Å². The third kappa shape index (κ3) is 8.89. The van der Waals surface area contributed by atoms with Crippen LogP contribution in [-0.4, -0.2) is 25.9 Å². The zero-order chi connectivity index (χ0) is 27.5. The van der Waals surface area contributed by atoms with Crippen molar-refractivity contribution in [3.63, 3.8) is 0 Å². The van der Waals surface area contributed by atoms with Crippen LogP contribution < -0.4 is 70.6 Å².